The van der Waals surface area contributed by atoms with Crippen molar-refractivity contribution in [2.75, 3.05) is 0 Å². The van der Waals surface area contributed by atoms with E-state index < -0.39 is 5.79 Å². The van der Waals surface area contributed by atoms with Gasteiger partial charge in [-0.25, -0.2) is 15.0 Å². The third-order valence-electron chi connectivity index (χ3n) is 7.75. The van der Waals surface area contributed by atoms with Gasteiger partial charge in [-0.3, -0.25) is 4.68 Å². The van der Waals surface area contributed by atoms with Crippen molar-refractivity contribution in [1.29, 1.82) is 0 Å². The first-order valence-corrected chi connectivity index (χ1v) is 11.4. The number of aryl methyl sites for hydroxylation is 2. The van der Waals surface area contributed by atoms with Crippen LogP contribution in [0.25, 0.3) is 22.1 Å². The van der Waals surface area contributed by atoms with E-state index in [-0.39, 0.29) is 29.6 Å². The van der Waals surface area contributed by atoms with E-state index in [0.29, 0.717) is 5.15 Å². The molecular formula is C22H24ClN7O2. The van der Waals surface area contributed by atoms with Gasteiger partial charge in [0, 0.05) is 18.1 Å². The van der Waals surface area contributed by atoms with Gasteiger partial charge in [0.2, 0.25) is 0 Å². The predicted molar refractivity (Wildman–Crippen MR) is 117 cm³/mol. The summed E-state index contributed by atoms with van der Waals surface area (Å²) in [6, 6.07) is 2.02. The number of halogens is 1. The van der Waals surface area contributed by atoms with E-state index in [1.54, 1.807) is 6.33 Å². The van der Waals surface area contributed by atoms with Gasteiger partial charge in [0.05, 0.1) is 23.3 Å². The van der Waals surface area contributed by atoms with Crippen molar-refractivity contribution < 1.29 is 9.47 Å². The van der Waals surface area contributed by atoms with Gasteiger partial charge in [0.1, 0.15) is 35.0 Å². The first-order chi connectivity index (χ1) is 15.3. The summed E-state index contributed by atoms with van der Waals surface area (Å²) in [5, 5.41) is 5.74. The molecule has 4 aromatic rings. The highest BCUT2D eigenvalue weighted by atomic mass is 35.5. The average Bonchev–Trinajstić information content (AvgIpc) is 3.48. The summed E-state index contributed by atoms with van der Waals surface area (Å²) >= 11 is 6.60. The zero-order valence-electron chi connectivity index (χ0n) is 18.3. The minimum absolute atomic E-state index is 0.00861. The van der Waals surface area contributed by atoms with Crippen LogP contribution in [0.15, 0.2) is 18.7 Å². The van der Waals surface area contributed by atoms with E-state index in [2.05, 4.69) is 19.6 Å². The topological polar surface area (TPSA) is 95.7 Å². The number of hydrogen-bond acceptors (Lipinski definition) is 6. The van der Waals surface area contributed by atoms with Gasteiger partial charge in [-0.1, -0.05) is 11.6 Å². The van der Waals surface area contributed by atoms with E-state index in [1.165, 1.54) is 0 Å². The second-order valence-electron chi connectivity index (χ2n) is 9.87. The minimum atomic E-state index is -0.676. The Morgan fingerprint density at radius 2 is 2.09 bits per heavy atom. The molecule has 4 aromatic heterocycles. The van der Waals surface area contributed by atoms with E-state index in [9.17, 15) is 0 Å². The first kappa shape index (κ1) is 19.0. The number of nitrogens with zero attached hydrogens (tertiary/aromatic N) is 6. The number of aromatic amines is 1. The zero-order chi connectivity index (χ0) is 22.0. The van der Waals surface area contributed by atoms with Gasteiger partial charge >= 0.3 is 0 Å². The summed E-state index contributed by atoms with van der Waals surface area (Å²) < 4.78 is 17.1. The number of imidazole rings is 1. The number of rotatable bonds is 2. The molecule has 2 aliphatic carbocycles. The van der Waals surface area contributed by atoms with Gasteiger partial charge < -0.3 is 19.0 Å². The molecule has 2 saturated carbocycles. The molecule has 5 atom stereocenters. The van der Waals surface area contributed by atoms with Crippen LogP contribution in [0.4, 0.5) is 0 Å². The fourth-order valence-electron chi connectivity index (χ4n) is 6.54. The summed E-state index contributed by atoms with van der Waals surface area (Å²) in [6.07, 6.45) is 5.28. The highest BCUT2D eigenvalue weighted by molar-refractivity contribution is 6.35. The third kappa shape index (κ3) is 2.16. The maximum absolute atomic E-state index is 6.60. The molecule has 1 N–H and O–H groups in total. The Balaban J connectivity index is 1.45. The smallest absolute Gasteiger partial charge is 0.164 e. The van der Waals surface area contributed by atoms with Crippen LogP contribution < -0.4 is 0 Å². The number of nitrogens with one attached hydrogen (secondary N) is 1. The highest BCUT2D eigenvalue weighted by Gasteiger charge is 2.72. The molecule has 10 heteroatoms. The molecule has 1 saturated heterocycles. The first-order valence-electron chi connectivity index (χ1n) is 11.0. The molecule has 3 aliphatic rings. The monoisotopic (exact) mass is 453 g/mol. The standard InChI is InChI=1S/C22H24ClN7O2/c1-10-7-11-13(27-10)14-19(28-18(11)23)30(9-25-14)15-12-5-6-22(12,20-24-8-26-29(20)4)17-16(15)31-21(2,3)32-17/h7-9,12,15-17,27H,5-6H2,1-4H3/t12-,15?,16+,17+,22+/m1/s1. The lowest BCUT2D eigenvalue weighted by atomic mass is 9.59. The fraction of sp³-hybridized carbons (Fsp3) is 0.545. The molecule has 1 unspecified atom stereocenters. The second kappa shape index (κ2) is 5.89. The van der Waals surface area contributed by atoms with Gasteiger partial charge in [-0.15, -0.1) is 0 Å². The van der Waals surface area contributed by atoms with Gasteiger partial charge in [0.15, 0.2) is 11.4 Å². The van der Waals surface area contributed by atoms with Gasteiger partial charge in [0.25, 0.3) is 0 Å². The maximum Gasteiger partial charge on any atom is 0.164 e. The molecule has 0 bridgehead atoms. The summed E-state index contributed by atoms with van der Waals surface area (Å²) in [4.78, 5) is 17.6. The zero-order valence-corrected chi connectivity index (χ0v) is 19.1. The number of H-pyrrole nitrogens is 1. The summed E-state index contributed by atoms with van der Waals surface area (Å²) in [5.41, 5.74) is 3.29. The van der Waals surface area contributed by atoms with Crippen molar-refractivity contribution >= 4 is 33.7 Å². The molecule has 9 nitrogen and oxygen atoms in total. The molecular weight excluding hydrogens is 430 g/mol. The fourth-order valence-corrected chi connectivity index (χ4v) is 6.77. The van der Waals surface area contributed by atoms with E-state index in [4.69, 9.17) is 31.0 Å². The summed E-state index contributed by atoms with van der Waals surface area (Å²) in [5.74, 6) is 0.561. The van der Waals surface area contributed by atoms with Crippen molar-refractivity contribution in [3.8, 4) is 0 Å². The van der Waals surface area contributed by atoms with Crippen molar-refractivity contribution in [2.45, 2.75) is 63.1 Å². The average molecular weight is 454 g/mol. The van der Waals surface area contributed by atoms with Crippen molar-refractivity contribution in [3.05, 3.63) is 35.4 Å². The Morgan fingerprint density at radius 3 is 2.81 bits per heavy atom. The lowest BCUT2D eigenvalue weighted by Gasteiger charge is -2.48. The van der Waals surface area contributed by atoms with Gasteiger partial charge in [-0.2, -0.15) is 5.10 Å². The number of aromatic nitrogens is 7. The van der Waals surface area contributed by atoms with Crippen LogP contribution in [0.1, 0.15) is 44.2 Å². The SMILES string of the molecule is Cc1cc2c(Cl)nc3c(ncn3C3[C@H]4CC[C@@]4(c4ncnn4C)[C@H]4OC(C)(C)O[C@@H]34)c2[nH]1. The summed E-state index contributed by atoms with van der Waals surface area (Å²) in [7, 11) is 1.95. The molecule has 7 rings (SSSR count). The van der Waals surface area contributed by atoms with Crippen LogP contribution in [0.5, 0.6) is 0 Å². The van der Waals surface area contributed by atoms with Gasteiger partial charge in [-0.05, 0) is 45.6 Å². The van der Waals surface area contributed by atoms with E-state index in [0.717, 1.165) is 46.4 Å². The van der Waals surface area contributed by atoms with Crippen molar-refractivity contribution in [2.24, 2.45) is 13.0 Å². The molecule has 5 heterocycles. The quantitative estimate of drug-likeness (QED) is 0.467. The molecule has 0 spiro atoms. The molecule has 3 fully saturated rings. The van der Waals surface area contributed by atoms with Crippen molar-refractivity contribution in [1.82, 2.24) is 34.3 Å². The molecule has 1 aliphatic heterocycles. The Hall–Kier alpha value is -2.49. The minimum Gasteiger partial charge on any atom is -0.357 e. The lowest BCUT2D eigenvalue weighted by Crippen LogP contribution is -2.52. The molecule has 32 heavy (non-hydrogen) atoms. The number of fused-ring (bicyclic) bond motifs is 6. The molecule has 0 amide bonds. The van der Waals surface area contributed by atoms with Crippen LogP contribution in [0, 0.1) is 12.8 Å². The molecule has 0 radical (unpaired) electrons. The predicted octanol–water partition coefficient (Wildman–Crippen LogP) is 3.43. The van der Waals surface area contributed by atoms with Crippen LogP contribution in [-0.4, -0.2) is 52.3 Å². The van der Waals surface area contributed by atoms with Crippen LogP contribution in [0.2, 0.25) is 5.15 Å². The molecule has 166 valence electrons. The normalized spacial score (nSPS) is 33.0. The van der Waals surface area contributed by atoms with Crippen molar-refractivity contribution in [3.63, 3.8) is 0 Å². The van der Waals surface area contributed by atoms with E-state index in [1.807, 2.05) is 44.9 Å². The van der Waals surface area contributed by atoms with Crippen LogP contribution in [0.3, 0.4) is 0 Å². The van der Waals surface area contributed by atoms with Crippen LogP contribution >= 0.6 is 11.6 Å². The van der Waals surface area contributed by atoms with E-state index >= 15 is 0 Å². The Morgan fingerprint density at radius 1 is 1.25 bits per heavy atom. The molecule has 0 aromatic carbocycles. The maximum atomic E-state index is 6.60. The third-order valence-corrected chi connectivity index (χ3v) is 8.04. The Bertz CT molecular complexity index is 1400. The number of ether oxygens (including phenoxy) is 2. The Kier molecular flexibility index (Phi) is 3.50. The summed E-state index contributed by atoms with van der Waals surface area (Å²) in [6.45, 7) is 5.97. The lowest BCUT2D eigenvalue weighted by molar-refractivity contribution is -0.179. The Labute approximate surface area is 189 Å². The number of pyridine rings is 1. The highest BCUT2D eigenvalue weighted by Crippen LogP contribution is 2.66. The largest absolute Gasteiger partial charge is 0.357 e. The number of hydrogen-bond donors (Lipinski definition) is 1. The second-order valence-corrected chi connectivity index (χ2v) is 10.2. The van der Waals surface area contributed by atoms with Crippen LogP contribution in [-0.2, 0) is 21.9 Å².